The van der Waals surface area contributed by atoms with Gasteiger partial charge in [-0.25, -0.2) is 21.9 Å². The van der Waals surface area contributed by atoms with Crippen molar-refractivity contribution in [3.05, 3.63) is 29.8 Å². The number of nitrogens with one attached hydrogen (secondary N) is 1. The molecule has 1 unspecified atom stereocenters. The first-order valence-corrected chi connectivity index (χ1v) is 8.00. The van der Waals surface area contributed by atoms with E-state index in [-0.39, 0.29) is 12.5 Å². The Balaban J connectivity index is 2.01. The SMILES string of the molecule is O=C(CCC1CCCO1)NS(=O)(=O)c1c(F)cccc1F. The van der Waals surface area contributed by atoms with Gasteiger partial charge < -0.3 is 4.74 Å². The average molecular weight is 319 g/mol. The van der Waals surface area contributed by atoms with E-state index in [1.807, 2.05) is 0 Å². The summed E-state index contributed by atoms with van der Waals surface area (Å²) in [7, 11) is -4.56. The van der Waals surface area contributed by atoms with Crippen LogP contribution in [-0.4, -0.2) is 27.0 Å². The van der Waals surface area contributed by atoms with Crippen molar-refractivity contribution in [1.29, 1.82) is 0 Å². The highest BCUT2D eigenvalue weighted by atomic mass is 32.2. The smallest absolute Gasteiger partial charge is 0.269 e. The molecule has 2 rings (SSSR count). The molecule has 0 spiro atoms. The van der Waals surface area contributed by atoms with Crippen LogP contribution in [0.4, 0.5) is 8.78 Å². The number of benzene rings is 1. The maximum Gasteiger partial charge on any atom is 0.269 e. The van der Waals surface area contributed by atoms with Crippen LogP contribution < -0.4 is 4.72 Å². The minimum absolute atomic E-state index is 0.0661. The number of carbonyl (C=O) groups excluding carboxylic acids is 1. The minimum Gasteiger partial charge on any atom is -0.378 e. The summed E-state index contributed by atoms with van der Waals surface area (Å²) < 4.78 is 57.5. The molecule has 5 nitrogen and oxygen atoms in total. The topological polar surface area (TPSA) is 72.5 Å². The lowest BCUT2D eigenvalue weighted by Crippen LogP contribution is -2.32. The molecule has 1 aliphatic heterocycles. The number of rotatable bonds is 5. The highest BCUT2D eigenvalue weighted by molar-refractivity contribution is 7.90. The van der Waals surface area contributed by atoms with Gasteiger partial charge in [0.05, 0.1) is 6.10 Å². The summed E-state index contributed by atoms with van der Waals surface area (Å²) in [5, 5.41) is 0. The van der Waals surface area contributed by atoms with E-state index in [0.29, 0.717) is 13.0 Å². The third-order valence-corrected chi connectivity index (χ3v) is 4.58. The van der Waals surface area contributed by atoms with Crippen molar-refractivity contribution >= 4 is 15.9 Å². The zero-order valence-electron chi connectivity index (χ0n) is 11.1. The van der Waals surface area contributed by atoms with Crippen molar-refractivity contribution in [3.63, 3.8) is 0 Å². The number of carbonyl (C=O) groups is 1. The Hall–Kier alpha value is -1.54. The van der Waals surface area contributed by atoms with E-state index < -0.39 is 32.5 Å². The third kappa shape index (κ3) is 3.98. The lowest BCUT2D eigenvalue weighted by molar-refractivity contribution is -0.119. The molecule has 1 fully saturated rings. The van der Waals surface area contributed by atoms with Crippen molar-refractivity contribution in [2.75, 3.05) is 6.61 Å². The molecule has 0 saturated carbocycles. The Morgan fingerprint density at radius 1 is 1.33 bits per heavy atom. The Labute approximate surface area is 121 Å². The summed E-state index contributed by atoms with van der Waals surface area (Å²) in [5.41, 5.74) is 0. The normalized spacial score (nSPS) is 18.7. The molecule has 1 atom stereocenters. The predicted molar refractivity (Wildman–Crippen MR) is 69.9 cm³/mol. The van der Waals surface area contributed by atoms with Gasteiger partial charge in [0.15, 0.2) is 4.90 Å². The van der Waals surface area contributed by atoms with E-state index in [9.17, 15) is 22.0 Å². The van der Waals surface area contributed by atoms with Crippen LogP contribution >= 0.6 is 0 Å². The highest BCUT2D eigenvalue weighted by Gasteiger charge is 2.26. The highest BCUT2D eigenvalue weighted by Crippen LogP contribution is 2.19. The largest absolute Gasteiger partial charge is 0.378 e. The lowest BCUT2D eigenvalue weighted by Gasteiger charge is -2.10. The van der Waals surface area contributed by atoms with Gasteiger partial charge >= 0.3 is 0 Å². The molecule has 0 bridgehead atoms. The number of hydrogen-bond donors (Lipinski definition) is 1. The monoisotopic (exact) mass is 319 g/mol. The first kappa shape index (κ1) is 15.8. The summed E-state index contributed by atoms with van der Waals surface area (Å²) in [5.74, 6) is -3.29. The van der Waals surface area contributed by atoms with Gasteiger partial charge in [0.25, 0.3) is 10.0 Å². The molecular weight excluding hydrogens is 304 g/mol. The van der Waals surface area contributed by atoms with E-state index in [1.54, 1.807) is 4.72 Å². The van der Waals surface area contributed by atoms with E-state index in [2.05, 4.69) is 0 Å². The predicted octanol–water partition coefficient (Wildman–Crippen LogP) is 1.73. The molecule has 1 aliphatic rings. The summed E-state index contributed by atoms with van der Waals surface area (Å²) in [6.07, 6.45) is 1.96. The maximum atomic E-state index is 13.4. The molecule has 1 saturated heterocycles. The first-order valence-electron chi connectivity index (χ1n) is 6.51. The lowest BCUT2D eigenvalue weighted by atomic mass is 10.1. The van der Waals surface area contributed by atoms with E-state index >= 15 is 0 Å². The van der Waals surface area contributed by atoms with E-state index in [1.165, 1.54) is 0 Å². The molecule has 0 aliphatic carbocycles. The van der Waals surface area contributed by atoms with Gasteiger partial charge in [-0.15, -0.1) is 0 Å². The fourth-order valence-corrected chi connectivity index (χ4v) is 3.31. The molecule has 1 N–H and O–H groups in total. The summed E-state index contributed by atoms with van der Waals surface area (Å²) in [6, 6.07) is 2.67. The molecule has 1 aromatic carbocycles. The zero-order chi connectivity index (χ0) is 15.5. The van der Waals surface area contributed by atoms with Crippen molar-refractivity contribution in [1.82, 2.24) is 4.72 Å². The second-order valence-corrected chi connectivity index (χ2v) is 6.37. The van der Waals surface area contributed by atoms with Gasteiger partial charge in [-0.3, -0.25) is 4.79 Å². The number of hydrogen-bond acceptors (Lipinski definition) is 4. The van der Waals surface area contributed by atoms with Gasteiger partial charge in [-0.1, -0.05) is 6.07 Å². The molecule has 8 heteroatoms. The van der Waals surface area contributed by atoms with Crippen molar-refractivity contribution in [3.8, 4) is 0 Å². The molecular formula is C13H15F2NO4S. The van der Waals surface area contributed by atoms with Crippen LogP contribution in [-0.2, 0) is 19.6 Å². The van der Waals surface area contributed by atoms with Crippen LogP contribution in [0.5, 0.6) is 0 Å². The number of ether oxygens (including phenoxy) is 1. The van der Waals surface area contributed by atoms with Gasteiger partial charge in [0.2, 0.25) is 5.91 Å². The van der Waals surface area contributed by atoms with Crippen molar-refractivity contribution < 1.29 is 26.7 Å². The second kappa shape index (κ2) is 6.48. The molecule has 0 radical (unpaired) electrons. The van der Waals surface area contributed by atoms with Gasteiger partial charge in [0.1, 0.15) is 11.6 Å². The van der Waals surface area contributed by atoms with Crippen LogP contribution in [0.15, 0.2) is 23.1 Å². The van der Waals surface area contributed by atoms with Crippen LogP contribution in [0.3, 0.4) is 0 Å². The van der Waals surface area contributed by atoms with Crippen molar-refractivity contribution in [2.24, 2.45) is 0 Å². The zero-order valence-corrected chi connectivity index (χ0v) is 12.0. The minimum atomic E-state index is -4.56. The maximum absolute atomic E-state index is 13.4. The molecule has 1 aromatic rings. The molecule has 1 heterocycles. The molecule has 1 amide bonds. The van der Waals surface area contributed by atoms with Crippen LogP contribution in [0.1, 0.15) is 25.7 Å². The fourth-order valence-electron chi connectivity index (χ4n) is 2.16. The van der Waals surface area contributed by atoms with Crippen molar-refractivity contribution in [2.45, 2.75) is 36.7 Å². The standard InChI is InChI=1S/C13H15F2NO4S/c14-10-4-1-5-11(15)13(10)21(18,19)16-12(17)7-6-9-3-2-8-20-9/h1,4-5,9H,2-3,6-8H2,(H,16,17). The first-order chi connectivity index (χ1) is 9.90. The Bertz CT molecular complexity index is 607. The Kier molecular flexibility index (Phi) is 4.89. The van der Waals surface area contributed by atoms with E-state index in [0.717, 1.165) is 31.0 Å². The van der Waals surface area contributed by atoms with Crippen LogP contribution in [0, 0.1) is 11.6 Å². The summed E-state index contributed by atoms with van der Waals surface area (Å²) in [6.45, 7) is 0.630. The number of halogens is 2. The Morgan fingerprint density at radius 3 is 2.57 bits per heavy atom. The van der Waals surface area contributed by atoms with Gasteiger partial charge in [-0.05, 0) is 31.4 Å². The molecule has 0 aromatic heterocycles. The number of sulfonamides is 1. The third-order valence-electron chi connectivity index (χ3n) is 3.15. The van der Waals surface area contributed by atoms with Gasteiger partial charge in [0, 0.05) is 13.0 Å². The summed E-state index contributed by atoms with van der Waals surface area (Å²) >= 11 is 0. The van der Waals surface area contributed by atoms with Crippen LogP contribution in [0.2, 0.25) is 0 Å². The van der Waals surface area contributed by atoms with Crippen LogP contribution in [0.25, 0.3) is 0 Å². The fraction of sp³-hybridized carbons (Fsp3) is 0.462. The number of amides is 1. The molecule has 21 heavy (non-hydrogen) atoms. The summed E-state index contributed by atoms with van der Waals surface area (Å²) in [4.78, 5) is 10.5. The average Bonchev–Trinajstić information content (AvgIpc) is 2.88. The quantitative estimate of drug-likeness (QED) is 0.897. The van der Waals surface area contributed by atoms with Gasteiger partial charge in [-0.2, -0.15) is 0 Å². The van der Waals surface area contributed by atoms with E-state index in [4.69, 9.17) is 4.74 Å². The molecule has 116 valence electrons. The second-order valence-electron chi connectivity index (χ2n) is 4.75. The Morgan fingerprint density at radius 2 is 2.00 bits per heavy atom.